The highest BCUT2D eigenvalue weighted by atomic mass is 32.2. The third kappa shape index (κ3) is 7.79. The van der Waals surface area contributed by atoms with Gasteiger partial charge in [0.25, 0.3) is 0 Å². The van der Waals surface area contributed by atoms with E-state index in [1.54, 1.807) is 11.8 Å². The van der Waals surface area contributed by atoms with Gasteiger partial charge in [-0.15, -0.1) is 0 Å². The minimum Gasteiger partial charge on any atom is -0.478 e. The van der Waals surface area contributed by atoms with E-state index in [-0.39, 0.29) is 5.56 Å². The quantitative estimate of drug-likeness (QED) is 0.862. The number of pyridine rings is 1. The molecule has 1 rings (SSSR count). The van der Waals surface area contributed by atoms with Gasteiger partial charge in [0, 0.05) is 25.5 Å². The number of thiocarbonyl (C=S) groups is 1. The van der Waals surface area contributed by atoms with E-state index in [1.807, 2.05) is 0 Å². The zero-order valence-corrected chi connectivity index (χ0v) is 13.1. The average Bonchev–Trinajstić information content (AvgIpc) is 2.42. The van der Waals surface area contributed by atoms with Gasteiger partial charge >= 0.3 is 5.97 Å². The Labute approximate surface area is 124 Å². The molecule has 1 aromatic heterocycles. The number of nitrogens with zero attached hydrogens (tertiary/aromatic N) is 2. The molecule has 0 radical (unpaired) electrons. The fourth-order valence-corrected chi connectivity index (χ4v) is 2.49. The minimum atomic E-state index is -0.919. The van der Waals surface area contributed by atoms with E-state index >= 15 is 0 Å². The Bertz CT molecular complexity index is 381. The second-order valence-corrected chi connectivity index (χ2v) is 5.31. The number of aromatic nitrogens is 1. The van der Waals surface area contributed by atoms with Gasteiger partial charge in [0.05, 0.1) is 5.56 Å². The molecule has 4 nitrogen and oxygen atoms in total. The SMILES string of the molecule is CCSC(=S)N(CC)CC.O=C(O)c1ccncc1. The van der Waals surface area contributed by atoms with E-state index < -0.39 is 5.97 Å². The molecule has 0 aliphatic carbocycles. The van der Waals surface area contributed by atoms with Crippen molar-refractivity contribution in [3.05, 3.63) is 30.1 Å². The van der Waals surface area contributed by atoms with Crippen molar-refractivity contribution in [2.75, 3.05) is 18.8 Å². The van der Waals surface area contributed by atoms with Crippen molar-refractivity contribution in [2.45, 2.75) is 20.8 Å². The summed E-state index contributed by atoms with van der Waals surface area (Å²) >= 11 is 6.91. The van der Waals surface area contributed by atoms with Crippen LogP contribution in [0.2, 0.25) is 0 Å². The van der Waals surface area contributed by atoms with Gasteiger partial charge in [0.2, 0.25) is 0 Å². The largest absolute Gasteiger partial charge is 0.478 e. The van der Waals surface area contributed by atoms with Gasteiger partial charge in [-0.3, -0.25) is 4.98 Å². The van der Waals surface area contributed by atoms with Gasteiger partial charge in [-0.2, -0.15) is 0 Å². The molecular formula is C13H20N2O2S2. The Morgan fingerprint density at radius 3 is 2.16 bits per heavy atom. The average molecular weight is 300 g/mol. The van der Waals surface area contributed by atoms with Gasteiger partial charge in [0.1, 0.15) is 4.32 Å². The number of carboxylic acids is 1. The second kappa shape index (κ2) is 10.8. The van der Waals surface area contributed by atoms with Crippen LogP contribution in [0.15, 0.2) is 24.5 Å². The Balaban J connectivity index is 0.000000342. The first kappa shape index (κ1) is 17.9. The fourth-order valence-electron chi connectivity index (χ4n) is 1.19. The van der Waals surface area contributed by atoms with E-state index in [1.165, 1.54) is 24.5 Å². The number of carboxylic acid groups (broad SMARTS) is 1. The summed E-state index contributed by atoms with van der Waals surface area (Å²) in [4.78, 5) is 16.0. The van der Waals surface area contributed by atoms with Gasteiger partial charge in [-0.25, -0.2) is 4.79 Å². The molecular weight excluding hydrogens is 280 g/mol. The van der Waals surface area contributed by atoms with Gasteiger partial charge in [-0.1, -0.05) is 30.9 Å². The lowest BCUT2D eigenvalue weighted by Crippen LogP contribution is -2.26. The third-order valence-electron chi connectivity index (χ3n) is 2.22. The van der Waals surface area contributed by atoms with Gasteiger partial charge in [0.15, 0.2) is 0 Å². The predicted octanol–water partition coefficient (Wildman–Crippen LogP) is 3.15. The van der Waals surface area contributed by atoms with Crippen molar-refractivity contribution in [3.63, 3.8) is 0 Å². The van der Waals surface area contributed by atoms with Crippen LogP contribution in [-0.2, 0) is 0 Å². The monoisotopic (exact) mass is 300 g/mol. The van der Waals surface area contributed by atoms with E-state index in [4.69, 9.17) is 17.3 Å². The molecule has 0 fully saturated rings. The highest BCUT2D eigenvalue weighted by Gasteiger charge is 2.02. The highest BCUT2D eigenvalue weighted by Crippen LogP contribution is 2.07. The normalized spacial score (nSPS) is 9.21. The van der Waals surface area contributed by atoms with Crippen molar-refractivity contribution in [1.29, 1.82) is 0 Å². The zero-order valence-electron chi connectivity index (χ0n) is 11.5. The minimum absolute atomic E-state index is 0.269. The molecule has 106 valence electrons. The van der Waals surface area contributed by atoms with Crippen LogP contribution in [0, 0.1) is 0 Å². The molecule has 1 N–H and O–H groups in total. The summed E-state index contributed by atoms with van der Waals surface area (Å²) in [5.74, 6) is 0.160. The van der Waals surface area contributed by atoms with E-state index in [2.05, 4.69) is 30.7 Å². The van der Waals surface area contributed by atoms with Crippen LogP contribution < -0.4 is 0 Å². The lowest BCUT2D eigenvalue weighted by atomic mass is 10.3. The smallest absolute Gasteiger partial charge is 0.335 e. The standard InChI is InChI=1S/C7H15NS2.C6H5NO2/c1-4-8(5-2)7(9)10-6-3;8-6(9)5-1-3-7-4-2-5/h4-6H2,1-3H3;1-4H,(H,8,9). The fraction of sp³-hybridized carbons (Fsp3) is 0.462. The molecule has 0 saturated heterocycles. The molecule has 19 heavy (non-hydrogen) atoms. The molecule has 0 saturated carbocycles. The summed E-state index contributed by atoms with van der Waals surface area (Å²) in [5, 5.41) is 8.36. The third-order valence-corrected chi connectivity index (χ3v) is 3.62. The molecule has 0 aliphatic heterocycles. The maximum Gasteiger partial charge on any atom is 0.335 e. The van der Waals surface area contributed by atoms with Crippen LogP contribution >= 0.6 is 24.0 Å². The molecule has 0 aliphatic rings. The Hall–Kier alpha value is -1.14. The summed E-state index contributed by atoms with van der Waals surface area (Å²) < 4.78 is 1.03. The number of thioether (sulfide) groups is 1. The maximum absolute atomic E-state index is 10.2. The van der Waals surface area contributed by atoms with Crippen LogP contribution in [-0.4, -0.2) is 44.1 Å². The van der Waals surface area contributed by atoms with Gasteiger partial charge < -0.3 is 10.0 Å². The zero-order chi connectivity index (χ0) is 14.7. The summed E-state index contributed by atoms with van der Waals surface area (Å²) in [6.45, 7) is 8.45. The van der Waals surface area contributed by atoms with Crippen molar-refractivity contribution < 1.29 is 9.90 Å². The number of hydrogen-bond acceptors (Lipinski definition) is 4. The first-order valence-electron chi connectivity index (χ1n) is 6.11. The first-order valence-corrected chi connectivity index (χ1v) is 7.51. The molecule has 0 aromatic carbocycles. The van der Waals surface area contributed by atoms with E-state index in [0.29, 0.717) is 0 Å². The van der Waals surface area contributed by atoms with Crippen molar-refractivity contribution in [2.24, 2.45) is 0 Å². The van der Waals surface area contributed by atoms with E-state index in [9.17, 15) is 4.79 Å². The second-order valence-electron chi connectivity index (χ2n) is 3.41. The summed E-state index contributed by atoms with van der Waals surface area (Å²) in [5.41, 5.74) is 0.269. The molecule has 0 unspecified atom stereocenters. The topological polar surface area (TPSA) is 53.4 Å². The summed E-state index contributed by atoms with van der Waals surface area (Å²) in [7, 11) is 0. The van der Waals surface area contributed by atoms with Crippen molar-refractivity contribution >= 4 is 34.3 Å². The predicted molar refractivity (Wildman–Crippen MR) is 84.8 cm³/mol. The maximum atomic E-state index is 10.2. The first-order chi connectivity index (χ1) is 9.06. The highest BCUT2D eigenvalue weighted by molar-refractivity contribution is 8.22. The Kier molecular flexibility index (Phi) is 10.1. The van der Waals surface area contributed by atoms with E-state index in [0.717, 1.165) is 23.2 Å². The van der Waals surface area contributed by atoms with Crippen molar-refractivity contribution in [1.82, 2.24) is 9.88 Å². The molecule has 1 heterocycles. The van der Waals surface area contributed by atoms with Crippen LogP contribution in [0.25, 0.3) is 0 Å². The number of hydrogen-bond donors (Lipinski definition) is 1. The molecule has 0 spiro atoms. The van der Waals surface area contributed by atoms with Gasteiger partial charge in [-0.05, 0) is 31.7 Å². The molecule has 6 heteroatoms. The number of rotatable bonds is 4. The van der Waals surface area contributed by atoms with Crippen LogP contribution in [0.5, 0.6) is 0 Å². The van der Waals surface area contributed by atoms with Crippen LogP contribution in [0.3, 0.4) is 0 Å². The van der Waals surface area contributed by atoms with Crippen LogP contribution in [0.1, 0.15) is 31.1 Å². The lowest BCUT2D eigenvalue weighted by Gasteiger charge is -2.20. The van der Waals surface area contributed by atoms with Crippen LogP contribution in [0.4, 0.5) is 0 Å². The summed E-state index contributed by atoms with van der Waals surface area (Å²) in [6, 6.07) is 2.89. The Morgan fingerprint density at radius 2 is 1.84 bits per heavy atom. The number of aromatic carboxylic acids is 1. The summed E-state index contributed by atoms with van der Waals surface area (Å²) in [6.07, 6.45) is 2.90. The molecule has 0 atom stereocenters. The molecule has 1 aromatic rings. The number of carbonyl (C=O) groups is 1. The van der Waals surface area contributed by atoms with Crippen molar-refractivity contribution in [3.8, 4) is 0 Å². The molecule has 0 bridgehead atoms. The molecule has 0 amide bonds. The lowest BCUT2D eigenvalue weighted by molar-refractivity contribution is 0.0696. The Morgan fingerprint density at radius 1 is 1.32 bits per heavy atom.